The molecule has 2 N–H and O–H groups in total. The van der Waals surface area contributed by atoms with E-state index in [1.807, 2.05) is 25.1 Å². The van der Waals surface area contributed by atoms with Gasteiger partial charge < -0.3 is 20.1 Å². The minimum Gasteiger partial charge on any atom is -0.494 e. The summed E-state index contributed by atoms with van der Waals surface area (Å²) >= 11 is 3.39. The van der Waals surface area contributed by atoms with Gasteiger partial charge in [0.1, 0.15) is 17.2 Å². The second-order valence-corrected chi connectivity index (χ2v) is 5.49. The van der Waals surface area contributed by atoms with Crippen molar-refractivity contribution >= 4 is 33.3 Å². The molecule has 0 aromatic heterocycles. The van der Waals surface area contributed by atoms with Gasteiger partial charge >= 0.3 is 6.03 Å². The highest BCUT2D eigenvalue weighted by Gasteiger charge is 2.13. The van der Waals surface area contributed by atoms with Crippen LogP contribution in [0.3, 0.4) is 0 Å². The van der Waals surface area contributed by atoms with Crippen molar-refractivity contribution in [2.24, 2.45) is 0 Å². The number of ether oxygens (including phenoxy) is 2. The van der Waals surface area contributed by atoms with E-state index in [1.165, 1.54) is 14.2 Å². The summed E-state index contributed by atoms with van der Waals surface area (Å²) in [5.74, 6) is 1.06. The molecule has 0 aliphatic carbocycles. The standard InChI is InChI=1S/C16H17BrN2O3/c1-10-9-11(17)7-8-12(10)18-16(20)19-15-13(21-2)5-4-6-14(15)22-3/h4-9H,1-3H3,(H2,18,19,20). The Morgan fingerprint density at radius 2 is 1.68 bits per heavy atom. The lowest BCUT2D eigenvalue weighted by molar-refractivity contribution is 0.262. The number of nitrogens with one attached hydrogen (secondary N) is 2. The summed E-state index contributed by atoms with van der Waals surface area (Å²) in [4.78, 5) is 12.2. The van der Waals surface area contributed by atoms with Crippen molar-refractivity contribution in [1.82, 2.24) is 0 Å². The van der Waals surface area contributed by atoms with Crippen LogP contribution in [0.5, 0.6) is 11.5 Å². The first-order valence-electron chi connectivity index (χ1n) is 6.60. The van der Waals surface area contributed by atoms with Crippen molar-refractivity contribution in [3.8, 4) is 11.5 Å². The molecular weight excluding hydrogens is 348 g/mol. The van der Waals surface area contributed by atoms with Crippen LogP contribution < -0.4 is 20.1 Å². The average Bonchev–Trinajstić information content (AvgIpc) is 2.50. The Morgan fingerprint density at radius 3 is 2.23 bits per heavy atom. The van der Waals surface area contributed by atoms with Gasteiger partial charge in [0, 0.05) is 10.2 Å². The fourth-order valence-electron chi connectivity index (χ4n) is 2.01. The quantitative estimate of drug-likeness (QED) is 0.843. The lowest BCUT2D eigenvalue weighted by Crippen LogP contribution is -2.20. The number of hydrogen-bond donors (Lipinski definition) is 2. The molecule has 2 amide bonds. The zero-order chi connectivity index (χ0) is 16.1. The maximum absolute atomic E-state index is 12.2. The summed E-state index contributed by atoms with van der Waals surface area (Å²) in [5, 5.41) is 5.57. The molecule has 0 spiro atoms. The second kappa shape index (κ2) is 7.17. The number of carbonyl (C=O) groups is 1. The normalized spacial score (nSPS) is 10.0. The third kappa shape index (κ3) is 3.71. The lowest BCUT2D eigenvalue weighted by atomic mass is 10.2. The van der Waals surface area contributed by atoms with Gasteiger partial charge in [-0.15, -0.1) is 0 Å². The zero-order valence-corrected chi connectivity index (χ0v) is 14.2. The topological polar surface area (TPSA) is 59.6 Å². The molecule has 2 rings (SSSR count). The summed E-state index contributed by atoms with van der Waals surface area (Å²) in [6.07, 6.45) is 0. The fraction of sp³-hybridized carbons (Fsp3) is 0.188. The number of amides is 2. The van der Waals surface area contributed by atoms with Gasteiger partial charge in [0.15, 0.2) is 0 Å². The Hall–Kier alpha value is -2.21. The summed E-state index contributed by atoms with van der Waals surface area (Å²) in [6.45, 7) is 1.92. The van der Waals surface area contributed by atoms with Crippen LogP contribution in [0.2, 0.25) is 0 Å². The zero-order valence-electron chi connectivity index (χ0n) is 12.6. The Labute approximate surface area is 137 Å². The maximum Gasteiger partial charge on any atom is 0.323 e. The number of carbonyl (C=O) groups excluding carboxylic acids is 1. The largest absolute Gasteiger partial charge is 0.494 e. The number of aryl methyl sites for hydroxylation is 1. The molecule has 0 radical (unpaired) electrons. The highest BCUT2D eigenvalue weighted by atomic mass is 79.9. The van der Waals surface area contributed by atoms with E-state index in [1.54, 1.807) is 18.2 Å². The molecule has 2 aromatic carbocycles. The van der Waals surface area contributed by atoms with Gasteiger partial charge in [0.2, 0.25) is 0 Å². The van der Waals surface area contributed by atoms with Crippen molar-refractivity contribution in [3.63, 3.8) is 0 Å². The molecule has 0 fully saturated rings. The van der Waals surface area contributed by atoms with E-state index in [4.69, 9.17) is 9.47 Å². The maximum atomic E-state index is 12.2. The molecule has 0 heterocycles. The molecule has 0 unspecified atom stereocenters. The second-order valence-electron chi connectivity index (χ2n) is 4.58. The number of urea groups is 1. The van der Waals surface area contributed by atoms with E-state index in [0.29, 0.717) is 17.2 Å². The predicted molar refractivity (Wildman–Crippen MR) is 91.1 cm³/mol. The van der Waals surface area contributed by atoms with Gasteiger partial charge in [-0.1, -0.05) is 22.0 Å². The first-order chi connectivity index (χ1) is 10.5. The average molecular weight is 365 g/mol. The van der Waals surface area contributed by atoms with Gasteiger partial charge in [-0.25, -0.2) is 4.79 Å². The van der Waals surface area contributed by atoms with Crippen LogP contribution in [0.4, 0.5) is 16.2 Å². The van der Waals surface area contributed by atoms with Gasteiger partial charge in [0.25, 0.3) is 0 Å². The van der Waals surface area contributed by atoms with Gasteiger partial charge in [-0.2, -0.15) is 0 Å². The smallest absolute Gasteiger partial charge is 0.323 e. The van der Waals surface area contributed by atoms with Crippen LogP contribution in [0.25, 0.3) is 0 Å². The van der Waals surface area contributed by atoms with Crippen LogP contribution in [0.1, 0.15) is 5.56 Å². The molecule has 0 saturated heterocycles. The number of anilines is 2. The van der Waals surface area contributed by atoms with E-state index in [0.717, 1.165) is 15.7 Å². The van der Waals surface area contributed by atoms with Crippen molar-refractivity contribution in [2.75, 3.05) is 24.9 Å². The number of methoxy groups -OCH3 is 2. The number of benzene rings is 2. The molecule has 0 atom stereocenters. The molecule has 0 aliphatic heterocycles. The molecule has 0 saturated carbocycles. The minimum atomic E-state index is -0.367. The molecule has 2 aromatic rings. The van der Waals surface area contributed by atoms with Crippen molar-refractivity contribution in [1.29, 1.82) is 0 Å². The lowest BCUT2D eigenvalue weighted by Gasteiger charge is -2.15. The van der Waals surface area contributed by atoms with Crippen LogP contribution in [0.15, 0.2) is 40.9 Å². The van der Waals surface area contributed by atoms with E-state index in [-0.39, 0.29) is 6.03 Å². The fourth-order valence-corrected chi connectivity index (χ4v) is 2.48. The Morgan fingerprint density at radius 1 is 1.05 bits per heavy atom. The van der Waals surface area contributed by atoms with E-state index in [2.05, 4.69) is 26.6 Å². The van der Waals surface area contributed by atoms with Crippen molar-refractivity contribution < 1.29 is 14.3 Å². The van der Waals surface area contributed by atoms with Crippen molar-refractivity contribution in [2.45, 2.75) is 6.92 Å². The number of halogens is 1. The molecule has 22 heavy (non-hydrogen) atoms. The van der Waals surface area contributed by atoms with Crippen LogP contribution in [0, 0.1) is 6.92 Å². The van der Waals surface area contributed by atoms with Crippen molar-refractivity contribution in [3.05, 3.63) is 46.4 Å². The number of hydrogen-bond acceptors (Lipinski definition) is 3. The van der Waals surface area contributed by atoms with Crippen LogP contribution in [-0.2, 0) is 0 Å². The summed E-state index contributed by atoms with van der Waals surface area (Å²) in [5.41, 5.74) is 2.17. The van der Waals surface area contributed by atoms with E-state index < -0.39 is 0 Å². The molecule has 6 heteroatoms. The van der Waals surface area contributed by atoms with Crippen LogP contribution in [-0.4, -0.2) is 20.3 Å². The Bertz CT molecular complexity index is 667. The van der Waals surface area contributed by atoms with Gasteiger partial charge in [-0.05, 0) is 42.8 Å². The monoisotopic (exact) mass is 364 g/mol. The number of rotatable bonds is 4. The third-order valence-corrected chi connectivity index (χ3v) is 3.60. The predicted octanol–water partition coefficient (Wildman–Crippen LogP) is 4.42. The molecule has 0 bridgehead atoms. The summed E-state index contributed by atoms with van der Waals surface area (Å²) in [7, 11) is 3.08. The third-order valence-electron chi connectivity index (χ3n) is 3.10. The number of para-hydroxylation sites is 1. The Balaban J connectivity index is 2.19. The van der Waals surface area contributed by atoms with E-state index in [9.17, 15) is 4.79 Å². The highest BCUT2D eigenvalue weighted by molar-refractivity contribution is 9.10. The van der Waals surface area contributed by atoms with E-state index >= 15 is 0 Å². The first kappa shape index (κ1) is 16.2. The summed E-state index contributed by atoms with van der Waals surface area (Å²) in [6, 6.07) is 10.6. The minimum absolute atomic E-state index is 0.367. The summed E-state index contributed by atoms with van der Waals surface area (Å²) < 4.78 is 11.5. The molecule has 116 valence electrons. The highest BCUT2D eigenvalue weighted by Crippen LogP contribution is 2.34. The first-order valence-corrected chi connectivity index (χ1v) is 7.39. The molecule has 5 nitrogen and oxygen atoms in total. The molecular formula is C16H17BrN2O3. The molecule has 0 aliphatic rings. The Kier molecular flexibility index (Phi) is 5.27. The SMILES string of the molecule is COc1cccc(OC)c1NC(=O)Nc1ccc(Br)cc1C. The van der Waals surface area contributed by atoms with Gasteiger partial charge in [0.05, 0.1) is 14.2 Å². The van der Waals surface area contributed by atoms with Gasteiger partial charge in [-0.3, -0.25) is 0 Å². The van der Waals surface area contributed by atoms with Crippen LogP contribution >= 0.6 is 15.9 Å².